The van der Waals surface area contributed by atoms with Crippen LogP contribution in [0.3, 0.4) is 0 Å². The Morgan fingerprint density at radius 1 is 1.35 bits per heavy atom. The number of rotatable bonds is 6. The first-order valence-corrected chi connectivity index (χ1v) is 7.56. The molecule has 0 fully saturated rings. The minimum atomic E-state index is -1.08. The van der Waals surface area contributed by atoms with Crippen LogP contribution in [0, 0.1) is 18.6 Å². The number of hydrogen-bond donors (Lipinski definition) is 1. The number of amides is 1. The maximum atomic E-state index is 13.8. The molecule has 0 atom stereocenters. The standard InChI is InChI=1S/C15H14F2N2O3S/c1-9-18-7-12(23-9)15(22)19(6-5-13(20)21)8-10-3-2-4-11(16)14(10)17/h2-4,7H,5-6,8H2,1H3,(H,20,21). The minimum absolute atomic E-state index is 0.00928. The van der Waals surface area contributed by atoms with Crippen LogP contribution in [0.15, 0.2) is 24.4 Å². The van der Waals surface area contributed by atoms with E-state index >= 15 is 0 Å². The van der Waals surface area contributed by atoms with Crippen molar-refractivity contribution in [2.24, 2.45) is 0 Å². The second-order valence-electron chi connectivity index (χ2n) is 4.83. The Labute approximate surface area is 135 Å². The van der Waals surface area contributed by atoms with Gasteiger partial charge in [0.2, 0.25) is 0 Å². The van der Waals surface area contributed by atoms with Crippen molar-refractivity contribution in [2.75, 3.05) is 6.54 Å². The molecule has 2 aromatic rings. The first-order chi connectivity index (χ1) is 10.9. The molecule has 0 saturated heterocycles. The van der Waals surface area contributed by atoms with Crippen LogP contribution in [0.2, 0.25) is 0 Å². The van der Waals surface area contributed by atoms with Crippen molar-refractivity contribution in [3.63, 3.8) is 0 Å². The molecule has 0 radical (unpaired) electrons. The summed E-state index contributed by atoms with van der Waals surface area (Å²) in [5.74, 6) is -3.59. The van der Waals surface area contributed by atoms with E-state index in [9.17, 15) is 18.4 Å². The highest BCUT2D eigenvalue weighted by atomic mass is 32.1. The van der Waals surface area contributed by atoms with Gasteiger partial charge in [-0.25, -0.2) is 13.8 Å². The lowest BCUT2D eigenvalue weighted by Gasteiger charge is -2.21. The Morgan fingerprint density at radius 2 is 2.09 bits per heavy atom. The van der Waals surface area contributed by atoms with Crippen molar-refractivity contribution in [2.45, 2.75) is 19.9 Å². The van der Waals surface area contributed by atoms with Crippen LogP contribution in [0.1, 0.15) is 26.7 Å². The molecule has 0 aliphatic carbocycles. The number of thiazole rings is 1. The summed E-state index contributed by atoms with van der Waals surface area (Å²) in [6.45, 7) is 1.41. The molecule has 2 rings (SSSR count). The Balaban J connectivity index is 2.24. The van der Waals surface area contributed by atoms with Crippen molar-refractivity contribution in [1.82, 2.24) is 9.88 Å². The number of halogens is 2. The predicted octanol–water partition coefficient (Wildman–Crippen LogP) is 2.85. The van der Waals surface area contributed by atoms with Gasteiger partial charge >= 0.3 is 5.97 Å². The molecule has 5 nitrogen and oxygen atoms in total. The van der Waals surface area contributed by atoms with Crippen LogP contribution in [0.4, 0.5) is 8.78 Å². The van der Waals surface area contributed by atoms with Gasteiger partial charge in [-0.05, 0) is 13.0 Å². The van der Waals surface area contributed by atoms with Gasteiger partial charge in [0.05, 0.1) is 17.6 Å². The molecule has 1 heterocycles. The van der Waals surface area contributed by atoms with Gasteiger partial charge in [-0.15, -0.1) is 11.3 Å². The number of carbonyl (C=O) groups excluding carboxylic acids is 1. The number of aliphatic carboxylic acids is 1. The summed E-state index contributed by atoms with van der Waals surface area (Å²) in [7, 11) is 0. The first kappa shape index (κ1) is 17.0. The molecule has 0 saturated carbocycles. The van der Waals surface area contributed by atoms with E-state index < -0.39 is 23.5 Å². The van der Waals surface area contributed by atoms with Crippen LogP contribution < -0.4 is 0 Å². The van der Waals surface area contributed by atoms with Crippen molar-refractivity contribution < 1.29 is 23.5 Å². The molecule has 0 bridgehead atoms. The fourth-order valence-electron chi connectivity index (χ4n) is 1.98. The number of carboxylic acid groups (broad SMARTS) is 1. The van der Waals surface area contributed by atoms with Gasteiger partial charge in [0.15, 0.2) is 11.6 Å². The van der Waals surface area contributed by atoms with E-state index in [2.05, 4.69) is 4.98 Å². The van der Waals surface area contributed by atoms with Crippen molar-refractivity contribution in [3.05, 3.63) is 51.5 Å². The van der Waals surface area contributed by atoms with Crippen LogP contribution >= 0.6 is 11.3 Å². The lowest BCUT2D eigenvalue weighted by atomic mass is 10.2. The fourth-order valence-corrected chi connectivity index (χ4v) is 2.72. The maximum Gasteiger partial charge on any atom is 0.305 e. The van der Waals surface area contributed by atoms with E-state index in [0.29, 0.717) is 9.88 Å². The molecule has 0 aliphatic heterocycles. The lowest BCUT2D eigenvalue weighted by molar-refractivity contribution is -0.137. The summed E-state index contributed by atoms with van der Waals surface area (Å²) in [6.07, 6.45) is 1.10. The highest BCUT2D eigenvalue weighted by Crippen LogP contribution is 2.19. The van der Waals surface area contributed by atoms with Crippen molar-refractivity contribution in [1.29, 1.82) is 0 Å². The van der Waals surface area contributed by atoms with E-state index in [1.54, 1.807) is 6.92 Å². The normalized spacial score (nSPS) is 10.6. The molecule has 1 amide bonds. The minimum Gasteiger partial charge on any atom is -0.481 e. The van der Waals surface area contributed by atoms with E-state index in [-0.39, 0.29) is 25.1 Å². The molecule has 1 aromatic heterocycles. The van der Waals surface area contributed by atoms with Gasteiger partial charge in [-0.1, -0.05) is 12.1 Å². The Bertz CT molecular complexity index is 733. The summed E-state index contributed by atoms with van der Waals surface area (Å²) in [5, 5.41) is 9.49. The van der Waals surface area contributed by atoms with E-state index in [4.69, 9.17) is 5.11 Å². The predicted molar refractivity (Wildman–Crippen MR) is 80.2 cm³/mol. The molecular weight excluding hydrogens is 326 g/mol. The SMILES string of the molecule is Cc1ncc(C(=O)N(CCC(=O)O)Cc2cccc(F)c2F)s1. The highest BCUT2D eigenvalue weighted by Gasteiger charge is 2.21. The van der Waals surface area contributed by atoms with Crippen LogP contribution in [0.5, 0.6) is 0 Å². The van der Waals surface area contributed by atoms with Crippen LogP contribution in [-0.2, 0) is 11.3 Å². The largest absolute Gasteiger partial charge is 0.481 e. The number of nitrogens with zero attached hydrogens (tertiary/aromatic N) is 2. The molecule has 1 aromatic carbocycles. The van der Waals surface area contributed by atoms with E-state index in [1.165, 1.54) is 23.2 Å². The second kappa shape index (κ2) is 7.28. The van der Waals surface area contributed by atoms with Gasteiger partial charge in [0.1, 0.15) is 4.88 Å². The zero-order valence-electron chi connectivity index (χ0n) is 12.3. The zero-order chi connectivity index (χ0) is 17.0. The molecular formula is C15H14F2N2O3S. The molecule has 0 aliphatic rings. The Hall–Kier alpha value is -2.35. The first-order valence-electron chi connectivity index (χ1n) is 6.75. The second-order valence-corrected chi connectivity index (χ2v) is 6.06. The number of hydrogen-bond acceptors (Lipinski definition) is 4. The van der Waals surface area contributed by atoms with E-state index in [0.717, 1.165) is 17.4 Å². The van der Waals surface area contributed by atoms with Crippen LogP contribution in [0.25, 0.3) is 0 Å². The topological polar surface area (TPSA) is 70.5 Å². The van der Waals surface area contributed by atoms with Crippen LogP contribution in [-0.4, -0.2) is 33.4 Å². The number of carboxylic acids is 1. The molecule has 1 N–H and O–H groups in total. The molecule has 23 heavy (non-hydrogen) atoms. The monoisotopic (exact) mass is 340 g/mol. The molecule has 8 heteroatoms. The number of aryl methyl sites for hydroxylation is 1. The van der Waals surface area contributed by atoms with Gasteiger partial charge in [0, 0.05) is 18.7 Å². The highest BCUT2D eigenvalue weighted by molar-refractivity contribution is 7.13. The molecule has 0 spiro atoms. The average Bonchev–Trinajstić information content (AvgIpc) is 2.93. The molecule has 122 valence electrons. The summed E-state index contributed by atoms with van der Waals surface area (Å²) in [4.78, 5) is 28.7. The quantitative estimate of drug-likeness (QED) is 0.878. The molecule has 0 unspecified atom stereocenters. The van der Waals surface area contributed by atoms with Gasteiger partial charge in [-0.3, -0.25) is 9.59 Å². The van der Waals surface area contributed by atoms with Gasteiger partial charge in [-0.2, -0.15) is 0 Å². The fraction of sp³-hybridized carbons (Fsp3) is 0.267. The number of benzene rings is 1. The summed E-state index contributed by atoms with van der Waals surface area (Å²) in [6, 6.07) is 3.68. The van der Waals surface area contributed by atoms with E-state index in [1.807, 2.05) is 0 Å². The summed E-state index contributed by atoms with van der Waals surface area (Å²) < 4.78 is 27.1. The third-order valence-electron chi connectivity index (χ3n) is 3.11. The van der Waals surface area contributed by atoms with Crippen molar-refractivity contribution in [3.8, 4) is 0 Å². The Morgan fingerprint density at radius 3 is 2.70 bits per heavy atom. The zero-order valence-corrected chi connectivity index (χ0v) is 13.1. The lowest BCUT2D eigenvalue weighted by Crippen LogP contribution is -2.32. The van der Waals surface area contributed by atoms with Crippen molar-refractivity contribution >= 4 is 23.2 Å². The number of aromatic nitrogens is 1. The van der Waals surface area contributed by atoms with Gasteiger partial charge < -0.3 is 10.0 Å². The van der Waals surface area contributed by atoms with Gasteiger partial charge in [0.25, 0.3) is 5.91 Å². The third kappa shape index (κ3) is 4.32. The third-order valence-corrected chi connectivity index (χ3v) is 4.01. The number of carbonyl (C=O) groups is 2. The maximum absolute atomic E-state index is 13.8. The summed E-state index contributed by atoms with van der Waals surface area (Å²) >= 11 is 1.16. The average molecular weight is 340 g/mol. The smallest absolute Gasteiger partial charge is 0.305 e. The Kier molecular flexibility index (Phi) is 5.38. The summed E-state index contributed by atoms with van der Waals surface area (Å²) in [5.41, 5.74) is -0.00928.